The zero-order valence-corrected chi connectivity index (χ0v) is 21.0. The molecule has 3 N–H and O–H groups in total. The van der Waals surface area contributed by atoms with Crippen molar-refractivity contribution in [1.82, 2.24) is 25.1 Å². The van der Waals surface area contributed by atoms with Gasteiger partial charge in [0.05, 0.1) is 18.4 Å². The Kier molecular flexibility index (Phi) is 7.98. The van der Waals surface area contributed by atoms with Crippen molar-refractivity contribution in [2.24, 2.45) is 0 Å². The molecule has 3 aromatic rings. The highest BCUT2D eigenvalue weighted by molar-refractivity contribution is 6.32. The standard InChI is InChI=1S/C24H26ClF4N7O/c1-3-15(37)12-36-6-4-14(5-7-36)16-9-18(26)19(8-13(16)2)31-23-30-11-17(25)22(33-23)32-21-10-20(34-35-21)24(27,28)29/h8-11,14H,3-7,12H2,1-2H3,(H3,30,31,32,33,34,35). The maximum atomic E-state index is 15.1. The number of alkyl halides is 3. The number of aryl methyl sites for hydroxylation is 1. The second kappa shape index (κ2) is 11.0. The van der Waals surface area contributed by atoms with Crippen LogP contribution in [0.15, 0.2) is 24.4 Å². The minimum atomic E-state index is -4.58. The number of carbonyl (C=O) groups excluding carboxylic acids is 1. The molecule has 198 valence electrons. The van der Waals surface area contributed by atoms with E-state index in [4.69, 9.17) is 11.6 Å². The Hall–Kier alpha value is -3.25. The van der Waals surface area contributed by atoms with Crippen molar-refractivity contribution in [3.63, 3.8) is 0 Å². The molecule has 1 fully saturated rings. The topological polar surface area (TPSA) is 98.8 Å². The molecule has 8 nitrogen and oxygen atoms in total. The van der Waals surface area contributed by atoms with E-state index in [-0.39, 0.29) is 40.0 Å². The number of aromatic nitrogens is 4. The van der Waals surface area contributed by atoms with Crippen LogP contribution in [0.2, 0.25) is 5.02 Å². The second-order valence-electron chi connectivity index (χ2n) is 8.94. The minimum Gasteiger partial charge on any atom is -0.322 e. The molecule has 1 saturated heterocycles. The van der Waals surface area contributed by atoms with Gasteiger partial charge in [0, 0.05) is 12.5 Å². The highest BCUT2D eigenvalue weighted by Crippen LogP contribution is 2.34. The van der Waals surface area contributed by atoms with E-state index in [2.05, 4.69) is 30.6 Å². The normalized spacial score (nSPS) is 15.1. The maximum absolute atomic E-state index is 15.1. The third-order valence-corrected chi connectivity index (χ3v) is 6.57. The van der Waals surface area contributed by atoms with E-state index in [9.17, 15) is 18.0 Å². The lowest BCUT2D eigenvalue weighted by Gasteiger charge is -2.32. The first-order valence-corrected chi connectivity index (χ1v) is 12.1. The molecule has 37 heavy (non-hydrogen) atoms. The van der Waals surface area contributed by atoms with Crippen molar-refractivity contribution >= 4 is 40.7 Å². The van der Waals surface area contributed by atoms with E-state index in [1.807, 2.05) is 18.9 Å². The number of nitrogens with zero attached hydrogens (tertiary/aromatic N) is 4. The molecule has 0 atom stereocenters. The predicted octanol–water partition coefficient (Wildman–Crippen LogP) is 5.97. The third-order valence-electron chi connectivity index (χ3n) is 6.30. The minimum absolute atomic E-state index is 0.00135. The van der Waals surface area contributed by atoms with Gasteiger partial charge in [-0.15, -0.1) is 0 Å². The van der Waals surface area contributed by atoms with Crippen LogP contribution in [0.3, 0.4) is 0 Å². The number of anilines is 4. The van der Waals surface area contributed by atoms with Crippen LogP contribution in [-0.4, -0.2) is 50.5 Å². The highest BCUT2D eigenvalue weighted by Gasteiger charge is 2.33. The molecule has 1 aliphatic heterocycles. The van der Waals surface area contributed by atoms with E-state index in [1.54, 1.807) is 6.07 Å². The van der Waals surface area contributed by atoms with Gasteiger partial charge in [-0.3, -0.25) is 14.8 Å². The summed E-state index contributed by atoms with van der Waals surface area (Å²) in [5.74, 6) is -0.224. The monoisotopic (exact) mass is 539 g/mol. The Morgan fingerprint density at radius 3 is 2.59 bits per heavy atom. The zero-order chi connectivity index (χ0) is 26.7. The van der Waals surface area contributed by atoms with Crippen molar-refractivity contribution in [3.8, 4) is 0 Å². The van der Waals surface area contributed by atoms with Crippen LogP contribution in [0.1, 0.15) is 48.9 Å². The van der Waals surface area contributed by atoms with Crippen LogP contribution in [0.25, 0.3) is 0 Å². The average Bonchev–Trinajstić information content (AvgIpc) is 3.33. The summed E-state index contributed by atoms with van der Waals surface area (Å²) in [4.78, 5) is 22.1. The molecule has 13 heteroatoms. The Morgan fingerprint density at radius 2 is 1.95 bits per heavy atom. The van der Waals surface area contributed by atoms with Crippen molar-refractivity contribution < 1.29 is 22.4 Å². The number of hydrogen-bond donors (Lipinski definition) is 3. The van der Waals surface area contributed by atoms with Crippen molar-refractivity contribution in [2.75, 3.05) is 30.3 Å². The van der Waals surface area contributed by atoms with Crippen LogP contribution >= 0.6 is 11.6 Å². The summed E-state index contributed by atoms with van der Waals surface area (Å²) in [7, 11) is 0. The Bertz CT molecular complexity index is 1270. The van der Waals surface area contributed by atoms with Crippen LogP contribution in [-0.2, 0) is 11.0 Å². The molecule has 1 aromatic carbocycles. The fourth-order valence-electron chi connectivity index (χ4n) is 4.28. The number of likely N-dealkylation sites (tertiary alicyclic amines) is 1. The van der Waals surface area contributed by atoms with Gasteiger partial charge in [0.1, 0.15) is 22.3 Å². The third kappa shape index (κ3) is 6.55. The number of nitrogens with one attached hydrogen (secondary N) is 3. The van der Waals surface area contributed by atoms with Gasteiger partial charge in [0.25, 0.3) is 0 Å². The van der Waals surface area contributed by atoms with E-state index in [0.717, 1.165) is 43.1 Å². The number of H-pyrrole nitrogens is 1. The first-order valence-electron chi connectivity index (χ1n) is 11.8. The molecule has 0 unspecified atom stereocenters. The summed E-state index contributed by atoms with van der Waals surface area (Å²) >= 11 is 6.08. The number of piperidine rings is 1. The lowest BCUT2D eigenvalue weighted by molar-refractivity contribution is -0.141. The highest BCUT2D eigenvalue weighted by atomic mass is 35.5. The molecule has 0 aliphatic carbocycles. The Labute approximate surface area is 215 Å². The molecule has 2 aromatic heterocycles. The first kappa shape index (κ1) is 26.8. The van der Waals surface area contributed by atoms with Crippen molar-refractivity contribution in [1.29, 1.82) is 0 Å². The largest absolute Gasteiger partial charge is 0.432 e. The number of ketones is 1. The molecule has 0 saturated carbocycles. The van der Waals surface area contributed by atoms with Crippen LogP contribution < -0.4 is 10.6 Å². The SMILES string of the molecule is CCC(=O)CN1CCC(c2cc(F)c(Nc3ncc(Cl)c(Nc4cc(C(F)(F)F)[nH]n4)n3)cc2C)CC1. The number of halogens is 5. The summed E-state index contributed by atoms with van der Waals surface area (Å²) in [6, 6.07) is 3.96. The van der Waals surface area contributed by atoms with Gasteiger partial charge in [-0.1, -0.05) is 18.5 Å². The van der Waals surface area contributed by atoms with Gasteiger partial charge in [-0.05, 0) is 62.0 Å². The predicted molar refractivity (Wildman–Crippen MR) is 132 cm³/mol. The van der Waals surface area contributed by atoms with E-state index in [1.165, 1.54) is 12.3 Å². The second-order valence-corrected chi connectivity index (χ2v) is 9.34. The quantitative estimate of drug-likeness (QED) is 0.303. The molecule has 0 amide bonds. The summed E-state index contributed by atoms with van der Waals surface area (Å²) in [6.07, 6.45) is -1.14. The number of benzene rings is 1. The van der Waals surface area contributed by atoms with Gasteiger partial charge in [-0.2, -0.15) is 23.3 Å². The summed E-state index contributed by atoms with van der Waals surface area (Å²) < 4.78 is 53.5. The van der Waals surface area contributed by atoms with E-state index in [0.29, 0.717) is 13.0 Å². The van der Waals surface area contributed by atoms with Crippen molar-refractivity contribution in [3.05, 3.63) is 52.1 Å². The van der Waals surface area contributed by atoms with Crippen LogP contribution in [0.4, 0.5) is 40.8 Å². The van der Waals surface area contributed by atoms with Gasteiger partial charge in [0.2, 0.25) is 5.95 Å². The smallest absolute Gasteiger partial charge is 0.322 e. The molecular formula is C24H26ClF4N7O. The molecule has 0 spiro atoms. The summed E-state index contributed by atoms with van der Waals surface area (Å²) in [5.41, 5.74) is 0.939. The number of aromatic amines is 1. The number of carbonyl (C=O) groups is 1. The van der Waals surface area contributed by atoms with Gasteiger partial charge in [0.15, 0.2) is 11.6 Å². The van der Waals surface area contributed by atoms with Crippen LogP contribution in [0.5, 0.6) is 0 Å². The average molecular weight is 540 g/mol. The molecular weight excluding hydrogens is 514 g/mol. The zero-order valence-electron chi connectivity index (χ0n) is 20.2. The molecule has 0 bridgehead atoms. The van der Waals surface area contributed by atoms with E-state index >= 15 is 4.39 Å². The van der Waals surface area contributed by atoms with Crippen molar-refractivity contribution in [2.45, 2.75) is 45.2 Å². The molecule has 1 aliphatic rings. The first-order chi connectivity index (χ1) is 17.5. The lowest BCUT2D eigenvalue weighted by Crippen LogP contribution is -2.36. The fourth-order valence-corrected chi connectivity index (χ4v) is 4.42. The Morgan fingerprint density at radius 1 is 1.22 bits per heavy atom. The lowest BCUT2D eigenvalue weighted by atomic mass is 9.86. The van der Waals surface area contributed by atoms with E-state index < -0.39 is 17.7 Å². The maximum Gasteiger partial charge on any atom is 0.432 e. The summed E-state index contributed by atoms with van der Waals surface area (Å²) in [5, 5.41) is 10.9. The Balaban J connectivity index is 1.45. The van der Waals surface area contributed by atoms with Gasteiger partial charge >= 0.3 is 6.18 Å². The van der Waals surface area contributed by atoms with Gasteiger partial charge in [-0.25, -0.2) is 9.37 Å². The number of Topliss-reactive ketones (excluding diaryl/α,β-unsaturated/α-hetero) is 1. The number of rotatable bonds is 8. The molecule has 0 radical (unpaired) electrons. The number of hydrogen-bond acceptors (Lipinski definition) is 7. The summed E-state index contributed by atoms with van der Waals surface area (Å²) in [6.45, 7) is 5.79. The van der Waals surface area contributed by atoms with Crippen LogP contribution in [0, 0.1) is 12.7 Å². The molecule has 4 rings (SSSR count). The fraction of sp³-hybridized carbons (Fsp3) is 0.417. The molecule has 3 heterocycles. The van der Waals surface area contributed by atoms with Gasteiger partial charge < -0.3 is 10.6 Å².